The highest BCUT2D eigenvalue weighted by Crippen LogP contribution is 2.21. The summed E-state index contributed by atoms with van der Waals surface area (Å²) >= 11 is 11.3. The number of hydrogen-bond donors (Lipinski definition) is 2. The molecule has 2 heterocycles. The van der Waals surface area contributed by atoms with Crippen molar-refractivity contribution in [2.24, 2.45) is 0 Å². The fraction of sp³-hybridized carbons (Fsp3) is 0.111. The topological polar surface area (TPSA) is 87.7 Å². The normalized spacial score (nSPS) is 11.7. The molecule has 0 spiro atoms. The number of aromatic amines is 1. The summed E-state index contributed by atoms with van der Waals surface area (Å²) < 4.78 is 26.2. The molecule has 0 aliphatic heterocycles. The fourth-order valence-electron chi connectivity index (χ4n) is 1.19. The van der Waals surface area contributed by atoms with E-state index in [0.717, 1.165) is 6.20 Å². The third-order valence-corrected chi connectivity index (χ3v) is 4.14. The molecule has 2 aromatic heterocycles. The van der Waals surface area contributed by atoms with Crippen LogP contribution in [0.25, 0.3) is 0 Å². The standard InChI is InChI=1S/C9H8Cl2N4O2S/c10-8-1-7(4-13-9(8)11)18(16,17)15-3-6-2-12-5-14-6/h1-2,4-5,15H,3H2,(H,12,14). The Bertz CT molecular complexity index is 643. The van der Waals surface area contributed by atoms with E-state index in [1.807, 2.05) is 0 Å². The van der Waals surface area contributed by atoms with Crippen LogP contribution in [0.15, 0.2) is 29.7 Å². The van der Waals surface area contributed by atoms with Gasteiger partial charge in [0, 0.05) is 18.1 Å². The van der Waals surface area contributed by atoms with Crippen molar-refractivity contribution in [3.63, 3.8) is 0 Å². The highest BCUT2D eigenvalue weighted by molar-refractivity contribution is 7.89. The minimum absolute atomic E-state index is 0.0450. The number of hydrogen-bond acceptors (Lipinski definition) is 4. The van der Waals surface area contributed by atoms with Crippen LogP contribution in [0.3, 0.4) is 0 Å². The van der Waals surface area contributed by atoms with Crippen molar-refractivity contribution in [1.82, 2.24) is 19.7 Å². The Kier molecular flexibility index (Phi) is 3.86. The molecule has 0 bridgehead atoms. The Balaban J connectivity index is 2.17. The maximum absolute atomic E-state index is 11.9. The lowest BCUT2D eigenvalue weighted by Crippen LogP contribution is -2.23. The van der Waals surface area contributed by atoms with Crippen LogP contribution in [0.4, 0.5) is 0 Å². The number of H-pyrrole nitrogens is 1. The van der Waals surface area contributed by atoms with E-state index in [1.54, 1.807) is 0 Å². The number of imidazole rings is 1. The van der Waals surface area contributed by atoms with Crippen LogP contribution < -0.4 is 4.72 Å². The molecule has 0 aromatic carbocycles. The van der Waals surface area contributed by atoms with Gasteiger partial charge >= 0.3 is 0 Å². The van der Waals surface area contributed by atoms with Crippen molar-refractivity contribution in [2.75, 3.05) is 0 Å². The van der Waals surface area contributed by atoms with E-state index in [1.165, 1.54) is 18.6 Å². The van der Waals surface area contributed by atoms with Gasteiger partial charge in [-0.05, 0) is 6.07 Å². The maximum atomic E-state index is 11.9. The number of rotatable bonds is 4. The summed E-state index contributed by atoms with van der Waals surface area (Å²) in [6.07, 6.45) is 4.13. The molecule has 0 saturated carbocycles. The lowest BCUT2D eigenvalue weighted by molar-refractivity contribution is 0.580. The van der Waals surface area contributed by atoms with E-state index >= 15 is 0 Å². The van der Waals surface area contributed by atoms with Gasteiger partial charge in [0.15, 0.2) is 0 Å². The van der Waals surface area contributed by atoms with E-state index in [0.29, 0.717) is 5.69 Å². The predicted molar refractivity (Wildman–Crippen MR) is 66.9 cm³/mol. The molecule has 2 aromatic rings. The van der Waals surface area contributed by atoms with Crippen molar-refractivity contribution in [1.29, 1.82) is 0 Å². The molecule has 0 radical (unpaired) electrons. The Morgan fingerprint density at radius 3 is 2.72 bits per heavy atom. The molecule has 6 nitrogen and oxygen atoms in total. The number of nitrogens with zero attached hydrogens (tertiary/aromatic N) is 2. The summed E-state index contributed by atoms with van der Waals surface area (Å²) in [5.74, 6) is 0. The largest absolute Gasteiger partial charge is 0.347 e. The van der Waals surface area contributed by atoms with Gasteiger partial charge < -0.3 is 4.98 Å². The van der Waals surface area contributed by atoms with Gasteiger partial charge in [0.25, 0.3) is 0 Å². The Morgan fingerprint density at radius 1 is 1.33 bits per heavy atom. The average Bonchev–Trinajstić information content (AvgIpc) is 2.83. The number of nitrogens with one attached hydrogen (secondary N) is 2. The summed E-state index contributed by atoms with van der Waals surface area (Å²) in [5.41, 5.74) is 0.645. The Hall–Kier alpha value is -1.15. The van der Waals surface area contributed by atoms with Crippen LogP contribution in [0.1, 0.15) is 5.69 Å². The average molecular weight is 307 g/mol. The molecular weight excluding hydrogens is 299 g/mol. The smallest absolute Gasteiger partial charge is 0.242 e. The molecule has 0 amide bonds. The monoisotopic (exact) mass is 306 g/mol. The number of sulfonamides is 1. The molecular formula is C9H8Cl2N4O2S. The van der Waals surface area contributed by atoms with Crippen molar-refractivity contribution in [3.05, 3.63) is 40.7 Å². The van der Waals surface area contributed by atoms with E-state index in [2.05, 4.69) is 19.7 Å². The zero-order valence-electron chi connectivity index (χ0n) is 8.89. The third-order valence-electron chi connectivity index (χ3n) is 2.09. The van der Waals surface area contributed by atoms with Gasteiger partial charge in [-0.15, -0.1) is 0 Å². The van der Waals surface area contributed by atoms with Crippen LogP contribution in [0.2, 0.25) is 10.2 Å². The Labute approximate surface area is 113 Å². The molecule has 2 N–H and O–H groups in total. The zero-order valence-corrected chi connectivity index (χ0v) is 11.2. The lowest BCUT2D eigenvalue weighted by Gasteiger charge is -2.06. The lowest BCUT2D eigenvalue weighted by atomic mass is 10.5. The summed E-state index contributed by atoms with van der Waals surface area (Å²) in [7, 11) is -3.68. The van der Waals surface area contributed by atoms with Crippen molar-refractivity contribution < 1.29 is 8.42 Å². The highest BCUT2D eigenvalue weighted by Gasteiger charge is 2.16. The molecule has 18 heavy (non-hydrogen) atoms. The van der Waals surface area contributed by atoms with E-state index in [-0.39, 0.29) is 21.6 Å². The number of aromatic nitrogens is 3. The van der Waals surface area contributed by atoms with E-state index in [4.69, 9.17) is 23.2 Å². The van der Waals surface area contributed by atoms with Gasteiger partial charge in [0.2, 0.25) is 10.0 Å². The maximum Gasteiger partial charge on any atom is 0.242 e. The first-order valence-electron chi connectivity index (χ1n) is 4.77. The van der Waals surface area contributed by atoms with Gasteiger partial charge in [0.1, 0.15) is 10.0 Å². The van der Waals surface area contributed by atoms with Gasteiger partial charge in [-0.1, -0.05) is 23.2 Å². The molecule has 96 valence electrons. The van der Waals surface area contributed by atoms with Crippen LogP contribution in [-0.2, 0) is 16.6 Å². The molecule has 0 fully saturated rings. The second-order valence-corrected chi connectivity index (χ2v) is 5.88. The third kappa shape index (κ3) is 2.99. The van der Waals surface area contributed by atoms with E-state index in [9.17, 15) is 8.42 Å². The molecule has 9 heteroatoms. The van der Waals surface area contributed by atoms with Crippen LogP contribution in [0.5, 0.6) is 0 Å². The van der Waals surface area contributed by atoms with Crippen molar-refractivity contribution in [3.8, 4) is 0 Å². The molecule has 0 atom stereocenters. The van der Waals surface area contributed by atoms with E-state index < -0.39 is 10.0 Å². The summed E-state index contributed by atoms with van der Waals surface area (Å²) in [6.45, 7) is 0.0998. The van der Waals surface area contributed by atoms with Gasteiger partial charge in [-0.2, -0.15) is 0 Å². The van der Waals surface area contributed by atoms with Crippen molar-refractivity contribution >= 4 is 33.2 Å². The second-order valence-electron chi connectivity index (χ2n) is 3.35. The highest BCUT2D eigenvalue weighted by atomic mass is 35.5. The summed E-state index contributed by atoms with van der Waals surface area (Å²) in [5, 5.41) is 0.144. The second kappa shape index (κ2) is 5.23. The first kappa shape index (κ1) is 13.3. The minimum Gasteiger partial charge on any atom is -0.347 e. The van der Waals surface area contributed by atoms with Gasteiger partial charge in [0.05, 0.1) is 17.9 Å². The number of pyridine rings is 1. The quantitative estimate of drug-likeness (QED) is 0.840. The molecule has 0 aliphatic rings. The molecule has 0 unspecified atom stereocenters. The van der Waals surface area contributed by atoms with Crippen LogP contribution in [-0.4, -0.2) is 23.4 Å². The predicted octanol–water partition coefficient (Wildman–Crippen LogP) is 1.59. The summed E-state index contributed by atoms with van der Waals surface area (Å²) in [4.78, 5) is 10.2. The first-order chi connectivity index (χ1) is 8.49. The molecule has 2 rings (SSSR count). The minimum atomic E-state index is -3.68. The first-order valence-corrected chi connectivity index (χ1v) is 7.01. The molecule has 0 aliphatic carbocycles. The van der Waals surface area contributed by atoms with Crippen molar-refractivity contribution in [2.45, 2.75) is 11.4 Å². The van der Waals surface area contributed by atoms with Gasteiger partial charge in [-0.25, -0.2) is 23.1 Å². The number of halogens is 2. The molecule has 0 saturated heterocycles. The SMILES string of the molecule is O=S(=O)(NCc1cnc[nH]1)c1cnc(Cl)c(Cl)c1. The van der Waals surface area contributed by atoms with Crippen LogP contribution in [0, 0.1) is 0 Å². The van der Waals surface area contributed by atoms with Crippen LogP contribution >= 0.6 is 23.2 Å². The zero-order chi connectivity index (χ0) is 13.2. The fourth-order valence-corrected chi connectivity index (χ4v) is 2.50. The van der Waals surface area contributed by atoms with Gasteiger partial charge in [-0.3, -0.25) is 0 Å². The summed E-state index contributed by atoms with van der Waals surface area (Å²) in [6, 6.07) is 1.24. The Morgan fingerprint density at radius 2 is 2.11 bits per heavy atom.